The monoisotopic (exact) mass is 423 g/mol. The Kier molecular flexibility index (Phi) is 4.66. The van der Waals surface area contributed by atoms with E-state index in [2.05, 4.69) is 20.8 Å². The van der Waals surface area contributed by atoms with Crippen molar-refractivity contribution in [3.05, 3.63) is 58.6 Å². The maximum absolute atomic E-state index is 13.6. The van der Waals surface area contributed by atoms with Crippen LogP contribution in [0.5, 0.6) is 0 Å². The van der Waals surface area contributed by atoms with Crippen LogP contribution in [0.25, 0.3) is 11.1 Å². The molecule has 2 aliphatic heterocycles. The summed E-state index contributed by atoms with van der Waals surface area (Å²) >= 11 is 6.03. The van der Waals surface area contributed by atoms with E-state index in [0.29, 0.717) is 5.02 Å². The van der Waals surface area contributed by atoms with E-state index < -0.39 is 12.0 Å². The Morgan fingerprint density at radius 1 is 1.07 bits per heavy atom. The van der Waals surface area contributed by atoms with E-state index in [1.807, 2.05) is 47.5 Å². The number of halogens is 1. The Morgan fingerprint density at radius 3 is 2.47 bits per heavy atom. The van der Waals surface area contributed by atoms with Gasteiger partial charge in [0.2, 0.25) is 0 Å². The van der Waals surface area contributed by atoms with E-state index in [4.69, 9.17) is 16.4 Å². The molecular weight excluding hydrogens is 398 g/mol. The number of Topliss-reactive ketones (excluding diaryl/α,β-unsaturated/α-hetero) is 2. The Balaban J connectivity index is 1.53. The fourth-order valence-electron chi connectivity index (χ4n) is 5.49. The van der Waals surface area contributed by atoms with Gasteiger partial charge < -0.3 is 0 Å². The van der Waals surface area contributed by atoms with Gasteiger partial charge in [-0.3, -0.25) is 14.4 Å². The number of nitrogens with zero attached hydrogens (tertiary/aromatic N) is 1. The topological polar surface area (TPSA) is 46.6 Å². The summed E-state index contributed by atoms with van der Waals surface area (Å²) in [5, 5.41) is 2.61. The zero-order chi connectivity index (χ0) is 21.2. The largest absolute Gasteiger partial charge is 0.298 e. The highest BCUT2D eigenvalue weighted by molar-refractivity contribution is 6.30. The number of fused-ring (bicyclic) bond motifs is 3. The van der Waals surface area contributed by atoms with Crippen molar-refractivity contribution < 1.29 is 14.4 Å². The Hall–Kier alpha value is -2.01. The van der Waals surface area contributed by atoms with Crippen LogP contribution in [0.4, 0.5) is 0 Å². The van der Waals surface area contributed by atoms with Gasteiger partial charge in [0.1, 0.15) is 12.0 Å². The van der Waals surface area contributed by atoms with E-state index in [1.165, 1.54) is 0 Å². The molecule has 0 N–H and O–H groups in total. The summed E-state index contributed by atoms with van der Waals surface area (Å²) in [6.07, 6.45) is 1.99. The minimum absolute atomic E-state index is 0.0102. The normalized spacial score (nSPS) is 30.0. The molecule has 0 radical (unpaired) electrons. The predicted octanol–water partition coefficient (Wildman–Crippen LogP) is 4.98. The number of benzene rings is 2. The van der Waals surface area contributed by atoms with Crippen molar-refractivity contribution in [2.75, 3.05) is 0 Å². The van der Waals surface area contributed by atoms with Gasteiger partial charge in [-0.05, 0) is 73.6 Å². The third kappa shape index (κ3) is 2.89. The lowest BCUT2D eigenvalue weighted by molar-refractivity contribution is -0.198. The third-order valence-electron chi connectivity index (χ3n) is 7.11. The summed E-state index contributed by atoms with van der Waals surface area (Å²) in [5.41, 5.74) is 3.75. The smallest absolute Gasteiger partial charge is 0.179 e. The summed E-state index contributed by atoms with van der Waals surface area (Å²) in [6, 6.07) is 13.7. The minimum atomic E-state index is -0.729. The number of hydrogen-bond acceptors (Lipinski definition) is 4. The molecule has 5 heteroatoms. The standard InChI is InChI=1S/C25H26ClNO3/c1-4-14-5-6-16(15-7-9-17(26)10-8-15)13-18(14)20-22(28)21-19-11-12-25(2,3)27(19)30-24(21)23(20)29/h5-10,13,19-21,24H,4,11-12H2,1-3H3. The van der Waals surface area contributed by atoms with Crippen LogP contribution in [0.2, 0.25) is 5.02 Å². The molecule has 2 heterocycles. The van der Waals surface area contributed by atoms with Crippen LogP contribution in [0.1, 0.15) is 50.7 Å². The molecule has 3 fully saturated rings. The lowest BCUT2D eigenvalue weighted by atomic mass is 9.86. The van der Waals surface area contributed by atoms with Crippen molar-refractivity contribution in [1.82, 2.24) is 5.06 Å². The first-order chi connectivity index (χ1) is 14.3. The molecule has 1 saturated carbocycles. The quantitative estimate of drug-likeness (QED) is 0.653. The van der Waals surface area contributed by atoms with Crippen molar-refractivity contribution in [2.24, 2.45) is 5.92 Å². The van der Waals surface area contributed by atoms with Gasteiger partial charge in [0.15, 0.2) is 11.6 Å². The molecule has 4 unspecified atom stereocenters. The lowest BCUT2D eigenvalue weighted by Crippen LogP contribution is -2.41. The Labute approximate surface area is 182 Å². The van der Waals surface area contributed by atoms with Crippen LogP contribution >= 0.6 is 11.6 Å². The first-order valence-corrected chi connectivity index (χ1v) is 11.1. The maximum atomic E-state index is 13.6. The molecule has 2 aromatic rings. The molecule has 0 amide bonds. The van der Waals surface area contributed by atoms with Gasteiger partial charge in [-0.25, -0.2) is 0 Å². The van der Waals surface area contributed by atoms with Crippen LogP contribution in [0.15, 0.2) is 42.5 Å². The highest BCUT2D eigenvalue weighted by Crippen LogP contribution is 2.50. The number of hydrogen-bond donors (Lipinski definition) is 0. The molecule has 4 nitrogen and oxygen atoms in total. The van der Waals surface area contributed by atoms with Crippen LogP contribution < -0.4 is 0 Å². The highest BCUT2D eigenvalue weighted by Gasteiger charge is 2.64. The third-order valence-corrected chi connectivity index (χ3v) is 7.36. The van der Waals surface area contributed by atoms with Crippen LogP contribution in [-0.4, -0.2) is 34.3 Å². The number of carbonyl (C=O) groups is 2. The highest BCUT2D eigenvalue weighted by atomic mass is 35.5. The average Bonchev–Trinajstić information content (AvgIpc) is 3.33. The molecule has 30 heavy (non-hydrogen) atoms. The summed E-state index contributed by atoms with van der Waals surface area (Å²) < 4.78 is 0. The fraction of sp³-hybridized carbons (Fsp3) is 0.440. The summed E-state index contributed by atoms with van der Waals surface area (Å²) in [5.74, 6) is -1.14. The molecule has 4 atom stereocenters. The minimum Gasteiger partial charge on any atom is -0.298 e. The van der Waals surface area contributed by atoms with E-state index in [9.17, 15) is 9.59 Å². The van der Waals surface area contributed by atoms with Crippen molar-refractivity contribution in [3.8, 4) is 11.1 Å². The van der Waals surface area contributed by atoms with E-state index >= 15 is 0 Å². The second kappa shape index (κ2) is 7.01. The molecule has 2 aromatic carbocycles. The van der Waals surface area contributed by atoms with Gasteiger partial charge in [-0.2, -0.15) is 5.06 Å². The fourth-order valence-corrected chi connectivity index (χ4v) is 5.62. The number of ketones is 2. The molecule has 0 spiro atoms. The SMILES string of the molecule is CCc1ccc(-c2ccc(Cl)cc2)cc1C1C(=O)C2ON3C(CCC3(C)C)C2C1=O. The molecule has 5 rings (SSSR count). The van der Waals surface area contributed by atoms with Crippen molar-refractivity contribution >= 4 is 23.2 Å². The molecule has 0 aromatic heterocycles. The van der Waals surface area contributed by atoms with Crippen LogP contribution in [0.3, 0.4) is 0 Å². The summed E-state index contributed by atoms with van der Waals surface area (Å²) in [6.45, 7) is 6.29. The van der Waals surface area contributed by atoms with Crippen molar-refractivity contribution in [2.45, 2.75) is 63.6 Å². The molecular formula is C25H26ClNO3. The summed E-state index contributed by atoms with van der Waals surface area (Å²) in [4.78, 5) is 33.1. The van der Waals surface area contributed by atoms with Crippen LogP contribution in [0, 0.1) is 5.92 Å². The van der Waals surface area contributed by atoms with Gasteiger partial charge in [0.25, 0.3) is 0 Å². The lowest BCUT2D eigenvalue weighted by Gasteiger charge is -2.30. The Morgan fingerprint density at radius 2 is 1.77 bits per heavy atom. The predicted molar refractivity (Wildman–Crippen MR) is 116 cm³/mol. The number of rotatable bonds is 3. The van der Waals surface area contributed by atoms with Crippen LogP contribution in [-0.2, 0) is 20.8 Å². The number of aryl methyl sites for hydroxylation is 1. The van der Waals surface area contributed by atoms with Gasteiger partial charge in [-0.1, -0.05) is 42.8 Å². The van der Waals surface area contributed by atoms with Crippen molar-refractivity contribution in [3.63, 3.8) is 0 Å². The Bertz CT molecular complexity index is 1030. The molecule has 1 aliphatic carbocycles. The van der Waals surface area contributed by atoms with Gasteiger partial charge in [-0.15, -0.1) is 0 Å². The second-order valence-corrected chi connectivity index (χ2v) is 9.74. The van der Waals surface area contributed by atoms with E-state index in [0.717, 1.165) is 41.5 Å². The number of hydroxylamine groups is 2. The van der Waals surface area contributed by atoms with Gasteiger partial charge >= 0.3 is 0 Å². The average molecular weight is 424 g/mol. The molecule has 156 valence electrons. The van der Waals surface area contributed by atoms with Gasteiger partial charge in [0, 0.05) is 16.6 Å². The first kappa shape index (κ1) is 19.9. The molecule has 2 saturated heterocycles. The molecule has 3 aliphatic rings. The summed E-state index contributed by atoms with van der Waals surface area (Å²) in [7, 11) is 0. The zero-order valence-corrected chi connectivity index (χ0v) is 18.3. The zero-order valence-electron chi connectivity index (χ0n) is 17.5. The van der Waals surface area contributed by atoms with E-state index in [-0.39, 0.29) is 29.1 Å². The maximum Gasteiger partial charge on any atom is 0.179 e. The van der Waals surface area contributed by atoms with E-state index in [1.54, 1.807) is 0 Å². The second-order valence-electron chi connectivity index (χ2n) is 9.31. The first-order valence-electron chi connectivity index (χ1n) is 10.7. The molecule has 0 bridgehead atoms. The number of carbonyl (C=O) groups excluding carboxylic acids is 2. The van der Waals surface area contributed by atoms with Crippen molar-refractivity contribution in [1.29, 1.82) is 0 Å². The van der Waals surface area contributed by atoms with Gasteiger partial charge in [0.05, 0.1) is 5.92 Å².